The van der Waals surface area contributed by atoms with E-state index in [0.717, 1.165) is 64.0 Å². The van der Waals surface area contributed by atoms with Crippen LogP contribution in [-0.4, -0.2) is 21.3 Å². The molecule has 7 heteroatoms. The third kappa shape index (κ3) is 4.04. The quantitative estimate of drug-likeness (QED) is 0.448. The third-order valence-corrected chi connectivity index (χ3v) is 7.50. The van der Waals surface area contributed by atoms with Crippen LogP contribution in [0.5, 0.6) is 0 Å². The Morgan fingerprint density at radius 3 is 2.64 bits per heavy atom. The van der Waals surface area contributed by atoms with E-state index in [0.29, 0.717) is 6.54 Å². The van der Waals surface area contributed by atoms with Gasteiger partial charge in [-0.25, -0.2) is 9.79 Å². The Bertz CT molecular complexity index is 1430. The summed E-state index contributed by atoms with van der Waals surface area (Å²) in [5.74, 6) is -0.0636. The molecule has 2 aromatic heterocycles. The predicted octanol–water partition coefficient (Wildman–Crippen LogP) is 4.50. The Labute approximate surface area is 196 Å². The highest BCUT2D eigenvalue weighted by Gasteiger charge is 2.25. The molecule has 5 rings (SSSR count). The number of thiophene rings is 1. The number of nitrogens with one attached hydrogen (secondary N) is 1. The molecule has 0 radical (unpaired) electrons. The van der Waals surface area contributed by atoms with Gasteiger partial charge >= 0.3 is 5.69 Å². The normalized spacial score (nSPS) is 13.5. The van der Waals surface area contributed by atoms with Crippen LogP contribution in [0.25, 0.3) is 11.0 Å². The van der Waals surface area contributed by atoms with Gasteiger partial charge in [-0.15, -0.1) is 11.3 Å². The summed E-state index contributed by atoms with van der Waals surface area (Å²) in [5.41, 5.74) is 5.53. The monoisotopic (exact) mass is 458 g/mol. The van der Waals surface area contributed by atoms with Gasteiger partial charge in [0.05, 0.1) is 16.6 Å². The number of fused-ring (bicyclic) bond motifs is 2. The van der Waals surface area contributed by atoms with E-state index in [1.807, 2.05) is 48.5 Å². The zero-order valence-corrected chi connectivity index (χ0v) is 19.6. The lowest BCUT2D eigenvalue weighted by Crippen LogP contribution is -2.24. The Balaban J connectivity index is 1.46. The van der Waals surface area contributed by atoms with Crippen LogP contribution in [0, 0.1) is 0 Å². The second kappa shape index (κ2) is 8.83. The maximum atomic E-state index is 13.2. The number of hydrogen-bond donors (Lipinski definition) is 1. The van der Waals surface area contributed by atoms with Crippen molar-refractivity contribution in [3.05, 3.63) is 86.1 Å². The van der Waals surface area contributed by atoms with E-state index in [2.05, 4.69) is 5.32 Å². The van der Waals surface area contributed by atoms with Crippen LogP contribution >= 0.6 is 11.3 Å². The van der Waals surface area contributed by atoms with Gasteiger partial charge in [0, 0.05) is 31.7 Å². The van der Waals surface area contributed by atoms with Crippen molar-refractivity contribution in [2.45, 2.75) is 32.2 Å². The Morgan fingerprint density at radius 1 is 1.06 bits per heavy atom. The highest BCUT2D eigenvalue weighted by Crippen LogP contribution is 2.39. The molecule has 168 valence electrons. The van der Waals surface area contributed by atoms with Crippen molar-refractivity contribution in [1.82, 2.24) is 14.5 Å². The molecule has 0 bridgehead atoms. The van der Waals surface area contributed by atoms with Gasteiger partial charge in [0.1, 0.15) is 5.00 Å². The van der Waals surface area contributed by atoms with Crippen LogP contribution in [0.4, 0.5) is 5.00 Å². The van der Waals surface area contributed by atoms with Crippen LogP contribution in [0.2, 0.25) is 0 Å². The Kier molecular flexibility index (Phi) is 5.72. The van der Waals surface area contributed by atoms with E-state index in [9.17, 15) is 9.59 Å². The molecule has 1 aliphatic carbocycles. The molecule has 1 amide bonds. The maximum Gasteiger partial charge on any atom is 0.328 e. The van der Waals surface area contributed by atoms with Gasteiger partial charge in [-0.05, 0) is 54.5 Å². The highest BCUT2D eigenvalue weighted by molar-refractivity contribution is 7.16. The maximum absolute atomic E-state index is 13.2. The molecular weight excluding hydrogens is 432 g/mol. The van der Waals surface area contributed by atoms with Crippen molar-refractivity contribution in [2.24, 2.45) is 19.1 Å². The summed E-state index contributed by atoms with van der Waals surface area (Å²) < 4.78 is 3.28. The fraction of sp³-hybridized carbons (Fsp3) is 0.269. The number of aliphatic imine (C=N–C) groups is 1. The van der Waals surface area contributed by atoms with Crippen LogP contribution in [0.3, 0.4) is 0 Å². The number of aromatic nitrogens is 2. The molecule has 1 N–H and O–H groups in total. The fourth-order valence-corrected chi connectivity index (χ4v) is 5.71. The summed E-state index contributed by atoms with van der Waals surface area (Å²) >= 11 is 1.63. The van der Waals surface area contributed by atoms with E-state index < -0.39 is 0 Å². The molecule has 0 atom stereocenters. The SMILES string of the molecule is Cn1c(=O)n(C)c2cc(C=Nc3sc4c(c3C(=O)NCc3ccccc3)CCCC4)ccc21. The number of rotatable bonds is 5. The zero-order valence-electron chi connectivity index (χ0n) is 18.8. The lowest BCUT2D eigenvalue weighted by Gasteiger charge is -2.12. The average Bonchev–Trinajstić information content (AvgIpc) is 3.32. The number of benzene rings is 2. The van der Waals surface area contributed by atoms with Crippen molar-refractivity contribution in [2.75, 3.05) is 0 Å². The standard InChI is InChI=1S/C26H26N4O2S/c1-29-20-13-12-18(14-21(20)30(2)26(29)32)16-28-25-23(19-10-6-7-11-22(19)33-25)24(31)27-15-17-8-4-3-5-9-17/h3-5,8-9,12-14,16H,6-7,10-11,15H2,1-2H3,(H,27,31). The number of hydrogen-bond acceptors (Lipinski definition) is 4. The van der Waals surface area contributed by atoms with Crippen LogP contribution < -0.4 is 11.0 Å². The van der Waals surface area contributed by atoms with Gasteiger partial charge in [-0.1, -0.05) is 36.4 Å². The first-order valence-corrected chi connectivity index (χ1v) is 12.0. The summed E-state index contributed by atoms with van der Waals surface area (Å²) in [7, 11) is 3.54. The number of amides is 1. The smallest absolute Gasteiger partial charge is 0.328 e. The third-order valence-electron chi connectivity index (χ3n) is 6.30. The molecule has 4 aromatic rings. The summed E-state index contributed by atoms with van der Waals surface area (Å²) in [5, 5.41) is 3.84. The van der Waals surface area contributed by atoms with Gasteiger partial charge in [-0.2, -0.15) is 0 Å². The fourth-order valence-electron chi connectivity index (χ4n) is 4.48. The summed E-state index contributed by atoms with van der Waals surface area (Å²) in [6, 6.07) is 15.8. The molecule has 1 aliphatic rings. The summed E-state index contributed by atoms with van der Waals surface area (Å²) in [6.45, 7) is 0.492. The second-order valence-electron chi connectivity index (χ2n) is 8.47. The lowest BCUT2D eigenvalue weighted by molar-refractivity contribution is 0.0951. The first-order valence-electron chi connectivity index (χ1n) is 11.2. The van der Waals surface area contributed by atoms with Crippen LogP contribution in [0.1, 0.15) is 44.8 Å². The van der Waals surface area contributed by atoms with Crippen molar-refractivity contribution >= 4 is 39.5 Å². The number of carbonyl (C=O) groups excluding carboxylic acids is 1. The Morgan fingerprint density at radius 2 is 1.82 bits per heavy atom. The molecule has 0 spiro atoms. The molecule has 2 aromatic carbocycles. The number of aryl methyl sites for hydroxylation is 3. The van der Waals surface area contributed by atoms with E-state index in [1.165, 1.54) is 4.88 Å². The minimum absolute atomic E-state index is 0.0533. The molecule has 0 saturated carbocycles. The van der Waals surface area contributed by atoms with E-state index in [1.54, 1.807) is 40.8 Å². The first kappa shape index (κ1) is 21.4. The molecule has 6 nitrogen and oxygen atoms in total. The van der Waals surface area contributed by atoms with Gasteiger partial charge in [-0.3, -0.25) is 13.9 Å². The van der Waals surface area contributed by atoms with Gasteiger partial charge in [0.25, 0.3) is 5.91 Å². The van der Waals surface area contributed by atoms with Gasteiger partial charge in [0.2, 0.25) is 0 Å². The van der Waals surface area contributed by atoms with Crippen LogP contribution in [-0.2, 0) is 33.5 Å². The topological polar surface area (TPSA) is 68.4 Å². The largest absolute Gasteiger partial charge is 0.348 e. The number of imidazole rings is 1. The minimum Gasteiger partial charge on any atom is -0.348 e. The molecule has 0 aliphatic heterocycles. The van der Waals surface area contributed by atoms with E-state index in [4.69, 9.17) is 4.99 Å². The Hall–Kier alpha value is -3.45. The lowest BCUT2D eigenvalue weighted by atomic mass is 9.95. The number of nitrogens with zero attached hydrogens (tertiary/aromatic N) is 3. The molecule has 0 saturated heterocycles. The second-order valence-corrected chi connectivity index (χ2v) is 9.55. The average molecular weight is 459 g/mol. The van der Waals surface area contributed by atoms with Crippen molar-refractivity contribution in [3.63, 3.8) is 0 Å². The van der Waals surface area contributed by atoms with Crippen molar-refractivity contribution in [1.29, 1.82) is 0 Å². The van der Waals surface area contributed by atoms with Crippen molar-refractivity contribution in [3.8, 4) is 0 Å². The minimum atomic E-state index is -0.0636. The van der Waals surface area contributed by atoms with Crippen LogP contribution in [0.15, 0.2) is 58.3 Å². The molecular formula is C26H26N4O2S. The molecule has 2 heterocycles. The predicted molar refractivity (Wildman–Crippen MR) is 134 cm³/mol. The first-order chi connectivity index (χ1) is 16.0. The van der Waals surface area contributed by atoms with Gasteiger partial charge in [0.15, 0.2) is 0 Å². The zero-order chi connectivity index (χ0) is 22.9. The molecule has 0 unspecified atom stereocenters. The highest BCUT2D eigenvalue weighted by atomic mass is 32.1. The van der Waals surface area contributed by atoms with Crippen molar-refractivity contribution < 1.29 is 4.79 Å². The van der Waals surface area contributed by atoms with Gasteiger partial charge < -0.3 is 5.32 Å². The number of carbonyl (C=O) groups is 1. The summed E-state index contributed by atoms with van der Waals surface area (Å²) in [4.78, 5) is 31.5. The van der Waals surface area contributed by atoms with E-state index in [-0.39, 0.29) is 11.6 Å². The van der Waals surface area contributed by atoms with E-state index >= 15 is 0 Å². The molecule has 33 heavy (non-hydrogen) atoms. The summed E-state index contributed by atoms with van der Waals surface area (Å²) in [6.07, 6.45) is 5.98. The molecule has 0 fully saturated rings.